The lowest BCUT2D eigenvalue weighted by Crippen LogP contribution is -2.22. The zero-order valence-corrected chi connectivity index (χ0v) is 12.3. The molecule has 1 N–H and O–H groups in total. The quantitative estimate of drug-likeness (QED) is 0.624. The van der Waals surface area contributed by atoms with Crippen molar-refractivity contribution >= 4 is 0 Å². The van der Waals surface area contributed by atoms with Crippen molar-refractivity contribution in [3.8, 4) is 5.75 Å². The molecule has 1 aromatic rings. The van der Waals surface area contributed by atoms with Crippen LogP contribution in [0.1, 0.15) is 32.3 Å². The maximum atomic E-state index is 5.71. The molecular weight excluding hydrogens is 238 g/mol. The molecule has 0 spiro atoms. The summed E-state index contributed by atoms with van der Waals surface area (Å²) >= 11 is 0. The highest BCUT2D eigenvalue weighted by atomic mass is 16.5. The van der Waals surface area contributed by atoms with E-state index in [2.05, 4.69) is 30.4 Å². The molecule has 0 aliphatic rings. The molecule has 19 heavy (non-hydrogen) atoms. The molecule has 0 aliphatic carbocycles. The Hall–Kier alpha value is -1.06. The number of aryl methyl sites for hydroxylation is 1. The van der Waals surface area contributed by atoms with Gasteiger partial charge in [-0.25, -0.2) is 0 Å². The number of hydrogen-bond donors (Lipinski definition) is 1. The fourth-order valence-corrected chi connectivity index (χ4v) is 1.82. The molecule has 0 saturated carbocycles. The van der Waals surface area contributed by atoms with Crippen LogP contribution in [0.2, 0.25) is 0 Å². The van der Waals surface area contributed by atoms with Crippen molar-refractivity contribution in [2.45, 2.75) is 33.1 Å². The van der Waals surface area contributed by atoms with Gasteiger partial charge in [-0.1, -0.05) is 19.1 Å². The number of rotatable bonds is 11. The van der Waals surface area contributed by atoms with Gasteiger partial charge in [-0.05, 0) is 50.4 Å². The Morgan fingerprint density at radius 2 is 1.95 bits per heavy atom. The first-order chi connectivity index (χ1) is 9.36. The minimum Gasteiger partial charge on any atom is -0.492 e. The van der Waals surface area contributed by atoms with E-state index < -0.39 is 0 Å². The minimum atomic E-state index is 0.721. The number of ether oxygens (including phenoxy) is 2. The molecule has 0 unspecified atom stereocenters. The van der Waals surface area contributed by atoms with Crippen LogP contribution < -0.4 is 10.1 Å². The average Bonchev–Trinajstić information content (AvgIpc) is 2.46. The molecule has 1 aromatic carbocycles. The fraction of sp³-hybridized carbons (Fsp3) is 0.625. The molecule has 108 valence electrons. The van der Waals surface area contributed by atoms with E-state index in [1.165, 1.54) is 5.56 Å². The second-order valence-electron chi connectivity index (χ2n) is 4.50. The van der Waals surface area contributed by atoms with Crippen LogP contribution in [0.4, 0.5) is 0 Å². The van der Waals surface area contributed by atoms with Crippen molar-refractivity contribution in [2.75, 3.05) is 32.9 Å². The normalized spacial score (nSPS) is 10.6. The minimum absolute atomic E-state index is 0.721. The van der Waals surface area contributed by atoms with Gasteiger partial charge in [0.25, 0.3) is 0 Å². The first-order valence-corrected chi connectivity index (χ1v) is 7.37. The highest BCUT2D eigenvalue weighted by molar-refractivity contribution is 5.28. The van der Waals surface area contributed by atoms with Gasteiger partial charge in [-0.15, -0.1) is 0 Å². The molecule has 0 heterocycles. The first kappa shape index (κ1) is 16.0. The van der Waals surface area contributed by atoms with Crippen LogP contribution in [-0.4, -0.2) is 32.9 Å². The van der Waals surface area contributed by atoms with Crippen molar-refractivity contribution in [3.63, 3.8) is 0 Å². The molecular formula is C16H27NO2. The van der Waals surface area contributed by atoms with Crippen LogP contribution in [0, 0.1) is 0 Å². The third-order valence-corrected chi connectivity index (χ3v) is 2.95. The maximum absolute atomic E-state index is 5.71. The van der Waals surface area contributed by atoms with Gasteiger partial charge in [0.1, 0.15) is 12.4 Å². The molecule has 0 aliphatic heterocycles. The summed E-state index contributed by atoms with van der Waals surface area (Å²) in [5, 5.41) is 3.38. The smallest absolute Gasteiger partial charge is 0.119 e. The number of benzene rings is 1. The summed E-state index contributed by atoms with van der Waals surface area (Å²) in [6, 6.07) is 8.31. The Morgan fingerprint density at radius 1 is 1.05 bits per heavy atom. The Morgan fingerprint density at radius 3 is 2.74 bits per heavy atom. The average molecular weight is 265 g/mol. The van der Waals surface area contributed by atoms with Crippen LogP contribution in [0.3, 0.4) is 0 Å². The van der Waals surface area contributed by atoms with Gasteiger partial charge in [0.2, 0.25) is 0 Å². The Balaban J connectivity index is 1.98. The van der Waals surface area contributed by atoms with Crippen LogP contribution >= 0.6 is 0 Å². The highest BCUT2D eigenvalue weighted by Crippen LogP contribution is 2.13. The van der Waals surface area contributed by atoms with Crippen molar-refractivity contribution in [1.82, 2.24) is 5.32 Å². The van der Waals surface area contributed by atoms with Gasteiger partial charge >= 0.3 is 0 Å². The third kappa shape index (κ3) is 7.85. The Bertz CT molecular complexity index is 328. The largest absolute Gasteiger partial charge is 0.492 e. The fourth-order valence-electron chi connectivity index (χ4n) is 1.82. The molecule has 3 nitrogen and oxygen atoms in total. The maximum Gasteiger partial charge on any atom is 0.119 e. The predicted octanol–water partition coefficient (Wildman–Crippen LogP) is 3.03. The third-order valence-electron chi connectivity index (χ3n) is 2.95. The Labute approximate surface area is 117 Å². The zero-order chi connectivity index (χ0) is 13.8. The number of hydrogen-bond acceptors (Lipinski definition) is 3. The zero-order valence-electron chi connectivity index (χ0n) is 12.3. The van der Waals surface area contributed by atoms with Gasteiger partial charge in [0, 0.05) is 19.8 Å². The van der Waals surface area contributed by atoms with E-state index in [1.807, 2.05) is 13.0 Å². The summed E-state index contributed by atoms with van der Waals surface area (Å²) in [4.78, 5) is 0. The van der Waals surface area contributed by atoms with E-state index >= 15 is 0 Å². The van der Waals surface area contributed by atoms with Gasteiger partial charge < -0.3 is 14.8 Å². The number of nitrogens with one attached hydrogen (secondary N) is 1. The van der Waals surface area contributed by atoms with Crippen molar-refractivity contribution in [1.29, 1.82) is 0 Å². The summed E-state index contributed by atoms with van der Waals surface area (Å²) in [6.07, 6.45) is 3.33. The van der Waals surface area contributed by atoms with Gasteiger partial charge in [0.05, 0.1) is 0 Å². The monoisotopic (exact) mass is 265 g/mol. The summed E-state index contributed by atoms with van der Waals surface area (Å²) in [5.41, 5.74) is 1.32. The van der Waals surface area contributed by atoms with E-state index in [-0.39, 0.29) is 0 Å². The predicted molar refractivity (Wildman–Crippen MR) is 79.9 cm³/mol. The van der Waals surface area contributed by atoms with Gasteiger partial charge in [0.15, 0.2) is 0 Å². The van der Waals surface area contributed by atoms with E-state index in [1.54, 1.807) is 0 Å². The molecule has 0 saturated heterocycles. The molecule has 3 heteroatoms. The lowest BCUT2D eigenvalue weighted by atomic mass is 10.2. The molecule has 0 amide bonds. The van der Waals surface area contributed by atoms with E-state index in [4.69, 9.17) is 9.47 Å². The molecule has 1 rings (SSSR count). The summed E-state index contributed by atoms with van der Waals surface area (Å²) in [6.45, 7) is 8.53. The van der Waals surface area contributed by atoms with Crippen molar-refractivity contribution < 1.29 is 9.47 Å². The molecule has 0 fully saturated rings. The van der Waals surface area contributed by atoms with Gasteiger partial charge in [-0.3, -0.25) is 0 Å². The summed E-state index contributed by atoms with van der Waals surface area (Å²) in [7, 11) is 0. The summed E-state index contributed by atoms with van der Waals surface area (Å²) in [5.74, 6) is 0.970. The molecule has 0 radical (unpaired) electrons. The SMILES string of the molecule is CCOCCCCNCCOc1cccc(CC)c1. The molecule has 0 atom stereocenters. The number of unbranched alkanes of at least 4 members (excludes halogenated alkanes) is 1. The Kier molecular flexibility index (Phi) is 9.11. The van der Waals surface area contributed by atoms with Crippen LogP contribution in [-0.2, 0) is 11.2 Å². The van der Waals surface area contributed by atoms with E-state index in [0.717, 1.165) is 57.9 Å². The van der Waals surface area contributed by atoms with Crippen LogP contribution in [0.5, 0.6) is 5.75 Å². The van der Waals surface area contributed by atoms with Crippen molar-refractivity contribution in [3.05, 3.63) is 29.8 Å². The first-order valence-electron chi connectivity index (χ1n) is 7.37. The highest BCUT2D eigenvalue weighted by Gasteiger charge is 1.95. The van der Waals surface area contributed by atoms with Crippen LogP contribution in [0.15, 0.2) is 24.3 Å². The van der Waals surface area contributed by atoms with Gasteiger partial charge in [-0.2, -0.15) is 0 Å². The van der Waals surface area contributed by atoms with E-state index in [0.29, 0.717) is 0 Å². The van der Waals surface area contributed by atoms with Crippen LogP contribution in [0.25, 0.3) is 0 Å². The topological polar surface area (TPSA) is 30.5 Å². The lowest BCUT2D eigenvalue weighted by molar-refractivity contribution is 0.143. The molecule has 0 bridgehead atoms. The molecule has 0 aromatic heterocycles. The lowest BCUT2D eigenvalue weighted by Gasteiger charge is -2.08. The standard InChI is InChI=1S/C16H27NO2/c1-3-15-8-7-9-16(14-15)19-13-11-17-10-5-6-12-18-4-2/h7-9,14,17H,3-6,10-13H2,1-2H3. The van der Waals surface area contributed by atoms with E-state index in [9.17, 15) is 0 Å². The second-order valence-corrected chi connectivity index (χ2v) is 4.50. The summed E-state index contributed by atoms with van der Waals surface area (Å²) < 4.78 is 11.0. The second kappa shape index (κ2) is 10.8. The van der Waals surface area contributed by atoms with Crippen molar-refractivity contribution in [2.24, 2.45) is 0 Å².